The molecule has 2 nitrogen and oxygen atoms in total. The zero-order valence-corrected chi connectivity index (χ0v) is 6.38. The predicted octanol–water partition coefficient (Wildman–Crippen LogP) is -3.10. The molecule has 0 saturated heterocycles. The number of hydrogen-bond acceptors (Lipinski definition) is 2. The van der Waals surface area contributed by atoms with Crippen molar-refractivity contribution in [1.82, 2.24) is 9.97 Å². The summed E-state index contributed by atoms with van der Waals surface area (Å²) >= 11 is 0. The predicted molar refractivity (Wildman–Crippen MR) is 26.6 cm³/mol. The number of nitrogens with zero attached hydrogens (tertiary/aromatic N) is 2. The quantitative estimate of drug-likeness (QED) is 0.281. The van der Waals surface area contributed by atoms with Gasteiger partial charge in [0.1, 0.15) is 0 Å². The maximum atomic E-state index is 3.55. The van der Waals surface area contributed by atoms with Crippen LogP contribution in [0.1, 0.15) is 0 Å². The van der Waals surface area contributed by atoms with E-state index < -0.39 is 0 Å². The smallest absolute Gasteiger partial charge is 1.00 e. The van der Waals surface area contributed by atoms with Gasteiger partial charge in [-0.25, -0.2) is 0 Å². The molecule has 4 heteroatoms. The van der Waals surface area contributed by atoms with E-state index in [1.54, 1.807) is 18.5 Å². The minimum Gasteiger partial charge on any atom is -1.00 e. The summed E-state index contributed by atoms with van der Waals surface area (Å²) in [6.45, 7) is 0. The van der Waals surface area contributed by atoms with E-state index in [-0.39, 0.29) is 35.5 Å². The molecule has 0 aromatic carbocycles. The van der Waals surface area contributed by atoms with E-state index in [0.29, 0.717) is 0 Å². The monoisotopic (exact) mass is 138 g/mol. The van der Waals surface area contributed by atoms with Gasteiger partial charge in [-0.3, -0.25) is 0 Å². The molecule has 1 heterocycles. The van der Waals surface area contributed by atoms with E-state index in [0.717, 1.165) is 0 Å². The molecule has 0 aliphatic carbocycles. The zero-order chi connectivity index (χ0) is 4.24. The molecular formula is C4H3ClMgN2. The number of rotatable bonds is 0. The summed E-state index contributed by atoms with van der Waals surface area (Å²) in [5.74, 6) is 0. The zero-order valence-electron chi connectivity index (χ0n) is 4.21. The molecule has 0 N–H and O–H groups in total. The van der Waals surface area contributed by atoms with Crippen molar-refractivity contribution < 1.29 is 12.4 Å². The maximum absolute atomic E-state index is 3.55. The molecule has 8 heavy (non-hydrogen) atoms. The second-order valence-electron chi connectivity index (χ2n) is 0.849. The van der Waals surface area contributed by atoms with Crippen LogP contribution >= 0.6 is 0 Å². The molecule has 0 atom stereocenters. The first-order valence-electron chi connectivity index (χ1n) is 1.63. The van der Waals surface area contributed by atoms with E-state index >= 15 is 0 Å². The normalized spacial score (nSPS) is 6.00. The van der Waals surface area contributed by atoms with Crippen molar-refractivity contribution >= 4 is 23.1 Å². The third kappa shape index (κ3) is 4.30. The molecule has 0 radical (unpaired) electrons. The Morgan fingerprint density at radius 2 is 1.62 bits per heavy atom. The fourth-order valence-electron chi connectivity index (χ4n) is 0.225. The van der Waals surface area contributed by atoms with Gasteiger partial charge in [0, 0.05) is 6.33 Å². The Balaban J connectivity index is 0. The van der Waals surface area contributed by atoms with E-state index in [4.69, 9.17) is 0 Å². The van der Waals surface area contributed by atoms with Crippen LogP contribution < -0.4 is 12.4 Å². The molecule has 38 valence electrons. The number of hydrogen-bond donors (Lipinski definition) is 0. The first kappa shape index (κ1) is 11.0. The fraction of sp³-hybridized carbons (Fsp3) is 0. The summed E-state index contributed by atoms with van der Waals surface area (Å²) in [4.78, 5) is 7.10. The molecule has 0 bridgehead atoms. The Morgan fingerprint density at radius 1 is 1.12 bits per heavy atom. The Kier molecular flexibility index (Phi) is 9.82. The van der Waals surface area contributed by atoms with Gasteiger partial charge in [0.15, 0.2) is 0 Å². The van der Waals surface area contributed by atoms with Gasteiger partial charge in [-0.2, -0.15) is 0 Å². The standard InChI is InChI=1S/C4H3N2.ClH.Mg/c1-2-5-4-6-3-1;;/h1-3H;1H;/q-1;;+2/p-1. The van der Waals surface area contributed by atoms with Crippen LogP contribution in [0.2, 0.25) is 0 Å². The summed E-state index contributed by atoms with van der Waals surface area (Å²) in [5, 5.41) is 0. The minimum absolute atomic E-state index is 0. The van der Waals surface area contributed by atoms with Gasteiger partial charge in [0.25, 0.3) is 0 Å². The topological polar surface area (TPSA) is 25.8 Å². The van der Waals surface area contributed by atoms with E-state index in [1.807, 2.05) is 0 Å². The van der Waals surface area contributed by atoms with E-state index in [1.165, 1.54) is 0 Å². The molecule has 1 aromatic rings. The second-order valence-corrected chi connectivity index (χ2v) is 0.849. The third-order valence-corrected chi connectivity index (χ3v) is 0.437. The van der Waals surface area contributed by atoms with Gasteiger partial charge < -0.3 is 22.4 Å². The van der Waals surface area contributed by atoms with Crippen molar-refractivity contribution in [2.75, 3.05) is 0 Å². The van der Waals surface area contributed by atoms with Crippen LogP contribution in [0.4, 0.5) is 0 Å². The van der Waals surface area contributed by atoms with Gasteiger partial charge in [-0.05, 0) is 0 Å². The van der Waals surface area contributed by atoms with Gasteiger partial charge >= 0.3 is 23.1 Å². The maximum Gasteiger partial charge on any atom is 2.00 e. The Bertz CT molecular complexity index is 86.0. The summed E-state index contributed by atoms with van der Waals surface area (Å²) in [6, 6.07) is 1.75. The van der Waals surface area contributed by atoms with Crippen molar-refractivity contribution in [3.8, 4) is 0 Å². The van der Waals surface area contributed by atoms with E-state index in [9.17, 15) is 0 Å². The Hall–Kier alpha value is 0.136. The first-order valence-corrected chi connectivity index (χ1v) is 1.63. The molecule has 0 aliphatic heterocycles. The summed E-state index contributed by atoms with van der Waals surface area (Å²) in [5.41, 5.74) is 0. The number of aromatic nitrogens is 2. The SMILES string of the molecule is [Cl-].[Mg+2].[c-]1ncccn1. The van der Waals surface area contributed by atoms with Gasteiger partial charge in [0.05, 0.1) is 0 Å². The van der Waals surface area contributed by atoms with Crippen LogP contribution in [-0.4, -0.2) is 33.0 Å². The molecular weight excluding hydrogens is 136 g/mol. The second kappa shape index (κ2) is 7.14. The van der Waals surface area contributed by atoms with Crippen LogP contribution in [0.25, 0.3) is 0 Å². The van der Waals surface area contributed by atoms with Crippen LogP contribution in [-0.2, 0) is 0 Å². The minimum atomic E-state index is 0. The first-order chi connectivity index (χ1) is 3.00. The van der Waals surface area contributed by atoms with Crippen LogP contribution in [0, 0.1) is 6.33 Å². The molecule has 0 amide bonds. The molecule has 0 saturated carbocycles. The average molecular weight is 139 g/mol. The molecule has 1 rings (SSSR count). The van der Waals surface area contributed by atoms with Gasteiger partial charge in [0.2, 0.25) is 0 Å². The Morgan fingerprint density at radius 3 is 1.75 bits per heavy atom. The molecule has 0 aliphatic rings. The summed E-state index contributed by atoms with van der Waals surface area (Å²) in [7, 11) is 0. The summed E-state index contributed by atoms with van der Waals surface area (Å²) in [6.07, 6.45) is 5.66. The molecule has 0 fully saturated rings. The Labute approximate surface area is 70.3 Å². The largest absolute Gasteiger partial charge is 2.00 e. The van der Waals surface area contributed by atoms with Crippen LogP contribution in [0.3, 0.4) is 0 Å². The molecule has 1 aromatic heterocycles. The van der Waals surface area contributed by atoms with Crippen LogP contribution in [0.15, 0.2) is 18.5 Å². The summed E-state index contributed by atoms with van der Waals surface area (Å²) < 4.78 is 0. The van der Waals surface area contributed by atoms with Gasteiger partial charge in [-0.1, -0.05) is 12.4 Å². The third-order valence-electron chi connectivity index (χ3n) is 0.437. The van der Waals surface area contributed by atoms with Crippen molar-refractivity contribution in [1.29, 1.82) is 0 Å². The van der Waals surface area contributed by atoms with Gasteiger partial charge in [-0.15, -0.1) is 6.07 Å². The molecule has 0 spiro atoms. The average Bonchev–Trinajstić information content (AvgIpc) is 1.72. The van der Waals surface area contributed by atoms with Crippen molar-refractivity contribution in [2.24, 2.45) is 0 Å². The molecule has 0 unspecified atom stereocenters. The fourth-order valence-corrected chi connectivity index (χ4v) is 0.225. The van der Waals surface area contributed by atoms with Crippen molar-refractivity contribution in [3.63, 3.8) is 0 Å². The van der Waals surface area contributed by atoms with Crippen LogP contribution in [0.5, 0.6) is 0 Å². The van der Waals surface area contributed by atoms with Crippen molar-refractivity contribution in [3.05, 3.63) is 24.8 Å². The van der Waals surface area contributed by atoms with E-state index in [2.05, 4.69) is 16.3 Å². The van der Waals surface area contributed by atoms with Crippen molar-refractivity contribution in [2.45, 2.75) is 0 Å². The number of halogens is 1.